The number of unbranched alkanes of at least 4 members (excludes halogenated alkanes) is 1. The zero-order valence-corrected chi connectivity index (χ0v) is 13.2. The molecule has 0 amide bonds. The Morgan fingerprint density at radius 2 is 2.14 bits per heavy atom. The molecular formula is C17H28O5. The van der Waals surface area contributed by atoms with E-state index < -0.39 is 5.97 Å². The van der Waals surface area contributed by atoms with E-state index in [1.165, 1.54) is 0 Å². The summed E-state index contributed by atoms with van der Waals surface area (Å²) in [5.74, 6) is -0.506. The van der Waals surface area contributed by atoms with E-state index >= 15 is 0 Å². The standard InChI is InChI=1S/C17H28O5/c18-15-12-14(22-17-9-5-6-10-21-17)11-13(15)7-3-1-2-4-8-16(19)20/h1,3,13-15,17-18H,2,4-12H2,(H,19,20)/b3-1-/t13-,14+,15+,17?/m0/s1. The molecule has 5 nitrogen and oxygen atoms in total. The number of aliphatic hydroxyl groups is 1. The lowest BCUT2D eigenvalue weighted by Gasteiger charge is -2.25. The second kappa shape index (κ2) is 9.28. The van der Waals surface area contributed by atoms with Crippen LogP contribution in [0, 0.1) is 5.92 Å². The van der Waals surface area contributed by atoms with E-state index in [-0.39, 0.29) is 30.8 Å². The summed E-state index contributed by atoms with van der Waals surface area (Å²) in [6, 6.07) is 0. The quantitative estimate of drug-likeness (QED) is 0.532. The molecular weight excluding hydrogens is 284 g/mol. The van der Waals surface area contributed by atoms with E-state index in [0.717, 1.165) is 45.1 Å². The topological polar surface area (TPSA) is 76.0 Å². The van der Waals surface area contributed by atoms with Crippen LogP contribution in [0.3, 0.4) is 0 Å². The minimum absolute atomic E-state index is 0.0868. The first kappa shape index (κ1) is 17.4. The van der Waals surface area contributed by atoms with Crippen molar-refractivity contribution in [1.29, 1.82) is 0 Å². The number of carboxylic acids is 1. The van der Waals surface area contributed by atoms with Gasteiger partial charge in [0, 0.05) is 13.0 Å². The molecule has 2 N–H and O–H groups in total. The summed E-state index contributed by atoms with van der Waals surface area (Å²) in [6.07, 6.45) is 11.1. The second-order valence-electron chi connectivity index (χ2n) is 6.35. The number of carbonyl (C=O) groups is 1. The molecule has 2 rings (SSSR count). The molecule has 2 fully saturated rings. The molecule has 1 unspecified atom stereocenters. The van der Waals surface area contributed by atoms with Crippen molar-refractivity contribution in [2.75, 3.05) is 6.61 Å². The van der Waals surface area contributed by atoms with Crippen molar-refractivity contribution in [2.45, 2.75) is 76.3 Å². The lowest BCUT2D eigenvalue weighted by atomic mass is 10.0. The van der Waals surface area contributed by atoms with Crippen molar-refractivity contribution in [3.8, 4) is 0 Å². The van der Waals surface area contributed by atoms with Crippen LogP contribution >= 0.6 is 0 Å². The Kier molecular flexibility index (Phi) is 7.36. The van der Waals surface area contributed by atoms with Gasteiger partial charge >= 0.3 is 5.97 Å². The monoisotopic (exact) mass is 312 g/mol. The van der Waals surface area contributed by atoms with Gasteiger partial charge < -0.3 is 19.7 Å². The molecule has 1 heterocycles. The van der Waals surface area contributed by atoms with Crippen molar-refractivity contribution in [2.24, 2.45) is 5.92 Å². The van der Waals surface area contributed by atoms with Crippen molar-refractivity contribution in [3.63, 3.8) is 0 Å². The number of allylic oxidation sites excluding steroid dienone is 2. The SMILES string of the molecule is O=C(O)CCC/C=C\C[C@H]1C[C@@H](OC2CCCCO2)C[C@H]1O. The molecule has 1 aliphatic heterocycles. The Morgan fingerprint density at radius 1 is 1.27 bits per heavy atom. The van der Waals surface area contributed by atoms with Gasteiger partial charge in [-0.3, -0.25) is 4.79 Å². The van der Waals surface area contributed by atoms with Gasteiger partial charge in [0.1, 0.15) is 0 Å². The third kappa shape index (κ3) is 6.07. The third-order valence-corrected chi connectivity index (χ3v) is 4.46. The first-order valence-corrected chi connectivity index (χ1v) is 8.47. The van der Waals surface area contributed by atoms with E-state index in [1.807, 2.05) is 6.08 Å². The zero-order chi connectivity index (χ0) is 15.8. The number of aliphatic carboxylic acids is 1. The maximum atomic E-state index is 10.4. The van der Waals surface area contributed by atoms with Gasteiger partial charge in [-0.1, -0.05) is 12.2 Å². The summed E-state index contributed by atoms with van der Waals surface area (Å²) in [7, 11) is 0. The predicted molar refractivity (Wildman–Crippen MR) is 82.4 cm³/mol. The molecule has 2 aliphatic rings. The number of aliphatic hydroxyl groups excluding tert-OH is 1. The summed E-state index contributed by atoms with van der Waals surface area (Å²) < 4.78 is 11.5. The highest BCUT2D eigenvalue weighted by Gasteiger charge is 2.34. The van der Waals surface area contributed by atoms with Gasteiger partial charge in [-0.25, -0.2) is 0 Å². The van der Waals surface area contributed by atoms with Crippen LogP contribution in [0.25, 0.3) is 0 Å². The van der Waals surface area contributed by atoms with E-state index in [9.17, 15) is 9.90 Å². The van der Waals surface area contributed by atoms with Gasteiger partial charge in [0.2, 0.25) is 0 Å². The van der Waals surface area contributed by atoms with Crippen molar-refractivity contribution < 1.29 is 24.5 Å². The fourth-order valence-corrected chi connectivity index (χ4v) is 3.21. The largest absolute Gasteiger partial charge is 0.481 e. The smallest absolute Gasteiger partial charge is 0.303 e. The summed E-state index contributed by atoms with van der Waals surface area (Å²) in [5.41, 5.74) is 0. The lowest BCUT2D eigenvalue weighted by molar-refractivity contribution is -0.187. The van der Waals surface area contributed by atoms with Gasteiger partial charge in [-0.05, 0) is 57.3 Å². The normalized spacial score (nSPS) is 32.6. The molecule has 0 aromatic heterocycles. The summed E-state index contributed by atoms with van der Waals surface area (Å²) in [5, 5.41) is 18.7. The average Bonchev–Trinajstić information content (AvgIpc) is 2.83. The van der Waals surface area contributed by atoms with Crippen LogP contribution in [-0.4, -0.2) is 41.3 Å². The summed E-state index contributed by atoms with van der Waals surface area (Å²) in [6.45, 7) is 0.780. The molecule has 4 atom stereocenters. The maximum Gasteiger partial charge on any atom is 0.303 e. The summed E-state index contributed by atoms with van der Waals surface area (Å²) >= 11 is 0. The predicted octanol–water partition coefficient (Wildman–Crippen LogP) is 2.87. The van der Waals surface area contributed by atoms with Gasteiger partial charge in [-0.15, -0.1) is 0 Å². The molecule has 0 bridgehead atoms. The Labute approximate surface area is 132 Å². The van der Waals surface area contributed by atoms with Gasteiger partial charge in [0.05, 0.1) is 12.2 Å². The van der Waals surface area contributed by atoms with Crippen molar-refractivity contribution >= 4 is 5.97 Å². The Hall–Kier alpha value is -0.910. The molecule has 1 saturated heterocycles. The van der Waals surface area contributed by atoms with Crippen LogP contribution in [-0.2, 0) is 14.3 Å². The van der Waals surface area contributed by atoms with E-state index in [0.29, 0.717) is 12.8 Å². The number of carboxylic acid groups (broad SMARTS) is 1. The molecule has 0 spiro atoms. The fraction of sp³-hybridized carbons (Fsp3) is 0.824. The molecule has 1 saturated carbocycles. The average molecular weight is 312 g/mol. The van der Waals surface area contributed by atoms with Crippen LogP contribution in [0.15, 0.2) is 12.2 Å². The highest BCUT2D eigenvalue weighted by Crippen LogP contribution is 2.33. The highest BCUT2D eigenvalue weighted by molar-refractivity contribution is 5.66. The number of rotatable bonds is 8. The first-order valence-electron chi connectivity index (χ1n) is 8.47. The van der Waals surface area contributed by atoms with Crippen LogP contribution in [0.1, 0.15) is 57.8 Å². The number of hydrogen-bond acceptors (Lipinski definition) is 4. The number of hydrogen-bond donors (Lipinski definition) is 2. The van der Waals surface area contributed by atoms with Gasteiger partial charge in [-0.2, -0.15) is 0 Å². The minimum atomic E-state index is -0.746. The highest BCUT2D eigenvalue weighted by atomic mass is 16.7. The first-order chi connectivity index (χ1) is 10.6. The summed E-state index contributed by atoms with van der Waals surface area (Å²) in [4.78, 5) is 10.4. The Bertz CT molecular complexity index is 362. The molecule has 0 radical (unpaired) electrons. The zero-order valence-electron chi connectivity index (χ0n) is 13.2. The van der Waals surface area contributed by atoms with Crippen molar-refractivity contribution in [1.82, 2.24) is 0 Å². The van der Waals surface area contributed by atoms with Crippen LogP contribution in [0.4, 0.5) is 0 Å². The second-order valence-corrected chi connectivity index (χ2v) is 6.35. The third-order valence-electron chi connectivity index (χ3n) is 4.46. The molecule has 0 aromatic rings. The molecule has 1 aliphatic carbocycles. The molecule has 0 aromatic carbocycles. The van der Waals surface area contributed by atoms with Gasteiger partial charge in [0.25, 0.3) is 0 Å². The molecule has 126 valence electrons. The maximum absolute atomic E-state index is 10.4. The van der Waals surface area contributed by atoms with E-state index in [4.69, 9.17) is 14.6 Å². The lowest BCUT2D eigenvalue weighted by Crippen LogP contribution is -2.27. The van der Waals surface area contributed by atoms with Gasteiger partial charge in [0.15, 0.2) is 6.29 Å². The van der Waals surface area contributed by atoms with Crippen LogP contribution < -0.4 is 0 Å². The Balaban J connectivity index is 1.63. The van der Waals surface area contributed by atoms with E-state index in [1.54, 1.807) is 0 Å². The minimum Gasteiger partial charge on any atom is -0.481 e. The van der Waals surface area contributed by atoms with Crippen molar-refractivity contribution in [3.05, 3.63) is 12.2 Å². The molecule has 22 heavy (non-hydrogen) atoms. The fourth-order valence-electron chi connectivity index (χ4n) is 3.21. The van der Waals surface area contributed by atoms with E-state index in [2.05, 4.69) is 6.08 Å². The Morgan fingerprint density at radius 3 is 2.86 bits per heavy atom. The van der Waals surface area contributed by atoms with Crippen LogP contribution in [0.2, 0.25) is 0 Å². The van der Waals surface area contributed by atoms with Crippen LogP contribution in [0.5, 0.6) is 0 Å². The molecule has 5 heteroatoms. The number of ether oxygens (including phenoxy) is 2.